The standard InChI is InChI=1S/C6H13BrN2O2S/c1-3-4-8-12(10,11)9-5-6(2)7/h8-9H,2-5H2,1H3. The van der Waals surface area contributed by atoms with Crippen molar-refractivity contribution < 1.29 is 8.42 Å². The molecule has 0 aromatic heterocycles. The number of rotatable bonds is 6. The minimum atomic E-state index is -3.33. The van der Waals surface area contributed by atoms with Gasteiger partial charge in [-0.1, -0.05) is 29.4 Å². The van der Waals surface area contributed by atoms with Crippen molar-refractivity contribution >= 4 is 26.1 Å². The highest BCUT2D eigenvalue weighted by Gasteiger charge is 2.06. The van der Waals surface area contributed by atoms with Crippen molar-refractivity contribution in [2.75, 3.05) is 13.1 Å². The summed E-state index contributed by atoms with van der Waals surface area (Å²) >= 11 is 3.05. The Kier molecular flexibility index (Phi) is 5.73. The van der Waals surface area contributed by atoms with Gasteiger partial charge in [-0.05, 0) is 6.42 Å². The molecule has 0 rings (SSSR count). The van der Waals surface area contributed by atoms with Crippen LogP contribution >= 0.6 is 15.9 Å². The van der Waals surface area contributed by atoms with E-state index in [1.807, 2.05) is 6.92 Å². The summed E-state index contributed by atoms with van der Waals surface area (Å²) in [5, 5.41) is 0. The molecular weight excluding hydrogens is 244 g/mol. The van der Waals surface area contributed by atoms with Crippen LogP contribution in [0.3, 0.4) is 0 Å². The molecule has 0 saturated carbocycles. The summed E-state index contributed by atoms with van der Waals surface area (Å²) < 4.78 is 27.3. The minimum absolute atomic E-state index is 0.207. The van der Waals surface area contributed by atoms with Crippen molar-refractivity contribution in [1.82, 2.24) is 9.44 Å². The fraction of sp³-hybridized carbons (Fsp3) is 0.667. The van der Waals surface area contributed by atoms with Gasteiger partial charge in [-0.2, -0.15) is 13.1 Å². The number of hydrogen-bond acceptors (Lipinski definition) is 2. The van der Waals surface area contributed by atoms with Gasteiger partial charge in [-0.3, -0.25) is 0 Å². The lowest BCUT2D eigenvalue weighted by atomic mass is 10.5. The quantitative estimate of drug-likeness (QED) is 0.737. The Hall–Kier alpha value is 0.0900. The molecule has 72 valence electrons. The molecule has 0 aromatic carbocycles. The summed E-state index contributed by atoms with van der Waals surface area (Å²) in [5.74, 6) is 0. The molecule has 0 spiro atoms. The van der Waals surface area contributed by atoms with Crippen LogP contribution in [-0.2, 0) is 10.2 Å². The van der Waals surface area contributed by atoms with Gasteiger partial charge in [0.25, 0.3) is 10.2 Å². The first kappa shape index (κ1) is 12.1. The maximum atomic E-state index is 11.0. The van der Waals surface area contributed by atoms with E-state index in [1.54, 1.807) is 0 Å². The first-order valence-corrected chi connectivity index (χ1v) is 5.83. The summed E-state index contributed by atoms with van der Waals surface area (Å²) in [4.78, 5) is 0. The summed E-state index contributed by atoms with van der Waals surface area (Å²) in [6.45, 7) is 6.05. The predicted octanol–water partition coefficient (Wildman–Crippen LogP) is 0.729. The zero-order chi connectivity index (χ0) is 9.61. The Morgan fingerprint density at radius 3 is 2.50 bits per heavy atom. The summed E-state index contributed by atoms with van der Waals surface area (Å²) in [7, 11) is -3.33. The molecule has 0 aliphatic rings. The van der Waals surface area contributed by atoms with Crippen LogP contribution in [0.15, 0.2) is 11.1 Å². The third-order valence-electron chi connectivity index (χ3n) is 0.996. The Morgan fingerprint density at radius 2 is 2.08 bits per heavy atom. The fourth-order valence-electron chi connectivity index (χ4n) is 0.461. The lowest BCUT2D eigenvalue weighted by Crippen LogP contribution is -2.37. The van der Waals surface area contributed by atoms with Crippen LogP contribution in [0, 0.1) is 0 Å². The zero-order valence-electron chi connectivity index (χ0n) is 6.93. The largest absolute Gasteiger partial charge is 0.277 e. The molecule has 0 unspecified atom stereocenters. The van der Waals surface area contributed by atoms with Gasteiger partial charge in [0.2, 0.25) is 0 Å². The third-order valence-corrected chi connectivity index (χ3v) is 2.38. The molecule has 0 aliphatic heterocycles. The van der Waals surface area contributed by atoms with Crippen molar-refractivity contribution in [3.8, 4) is 0 Å². The van der Waals surface area contributed by atoms with E-state index >= 15 is 0 Å². The van der Waals surface area contributed by atoms with E-state index < -0.39 is 10.2 Å². The van der Waals surface area contributed by atoms with Crippen LogP contribution in [0.2, 0.25) is 0 Å². The minimum Gasteiger partial charge on any atom is -0.202 e. The predicted molar refractivity (Wildman–Crippen MR) is 53.3 cm³/mol. The normalized spacial score (nSPS) is 11.5. The van der Waals surface area contributed by atoms with Crippen LogP contribution in [0.4, 0.5) is 0 Å². The second-order valence-electron chi connectivity index (χ2n) is 2.24. The van der Waals surface area contributed by atoms with Crippen LogP contribution in [0.1, 0.15) is 13.3 Å². The number of halogens is 1. The molecule has 12 heavy (non-hydrogen) atoms. The number of nitrogens with one attached hydrogen (secondary N) is 2. The Labute approximate surface area is 81.7 Å². The highest BCUT2D eigenvalue weighted by molar-refractivity contribution is 9.11. The molecule has 0 bridgehead atoms. The average molecular weight is 257 g/mol. The zero-order valence-corrected chi connectivity index (χ0v) is 9.33. The molecule has 0 heterocycles. The highest BCUT2D eigenvalue weighted by atomic mass is 79.9. The second kappa shape index (κ2) is 5.69. The van der Waals surface area contributed by atoms with E-state index in [9.17, 15) is 8.42 Å². The molecule has 0 amide bonds. The number of hydrogen-bond donors (Lipinski definition) is 2. The van der Waals surface area contributed by atoms with E-state index in [1.165, 1.54) is 0 Å². The molecule has 0 aromatic rings. The summed E-state index contributed by atoms with van der Waals surface area (Å²) in [6, 6.07) is 0. The van der Waals surface area contributed by atoms with E-state index in [0.29, 0.717) is 11.0 Å². The molecule has 0 radical (unpaired) electrons. The van der Waals surface area contributed by atoms with Crippen molar-refractivity contribution in [2.24, 2.45) is 0 Å². The smallest absolute Gasteiger partial charge is 0.202 e. The van der Waals surface area contributed by atoms with Gasteiger partial charge in [0, 0.05) is 17.6 Å². The average Bonchev–Trinajstić information content (AvgIpc) is 1.98. The van der Waals surface area contributed by atoms with Gasteiger partial charge >= 0.3 is 0 Å². The third kappa shape index (κ3) is 6.78. The SMILES string of the molecule is C=C(Br)CNS(=O)(=O)NCCC. The molecule has 0 atom stereocenters. The molecular formula is C6H13BrN2O2S. The van der Waals surface area contributed by atoms with E-state index in [-0.39, 0.29) is 6.54 Å². The topological polar surface area (TPSA) is 58.2 Å². The van der Waals surface area contributed by atoms with Gasteiger partial charge in [-0.25, -0.2) is 4.72 Å². The second-order valence-corrected chi connectivity index (χ2v) is 4.94. The van der Waals surface area contributed by atoms with Gasteiger partial charge < -0.3 is 0 Å². The van der Waals surface area contributed by atoms with E-state index in [4.69, 9.17) is 0 Å². The Balaban J connectivity index is 3.80. The summed E-state index contributed by atoms with van der Waals surface area (Å²) in [6.07, 6.45) is 0.774. The van der Waals surface area contributed by atoms with Gasteiger partial charge in [0.1, 0.15) is 0 Å². The molecule has 2 N–H and O–H groups in total. The van der Waals surface area contributed by atoms with Crippen LogP contribution in [0.5, 0.6) is 0 Å². The van der Waals surface area contributed by atoms with E-state index in [2.05, 4.69) is 32.0 Å². The molecule has 0 fully saturated rings. The molecule has 0 aliphatic carbocycles. The van der Waals surface area contributed by atoms with Crippen molar-refractivity contribution in [3.63, 3.8) is 0 Å². The maximum absolute atomic E-state index is 11.0. The highest BCUT2D eigenvalue weighted by Crippen LogP contribution is 1.97. The first-order valence-electron chi connectivity index (χ1n) is 3.55. The molecule has 4 nitrogen and oxygen atoms in total. The van der Waals surface area contributed by atoms with Crippen LogP contribution < -0.4 is 9.44 Å². The first-order chi connectivity index (χ1) is 5.48. The Morgan fingerprint density at radius 1 is 1.50 bits per heavy atom. The van der Waals surface area contributed by atoms with Gasteiger partial charge in [-0.15, -0.1) is 0 Å². The molecule has 6 heteroatoms. The van der Waals surface area contributed by atoms with Crippen LogP contribution in [-0.4, -0.2) is 21.5 Å². The van der Waals surface area contributed by atoms with Crippen LogP contribution in [0.25, 0.3) is 0 Å². The van der Waals surface area contributed by atoms with Gasteiger partial charge in [0.15, 0.2) is 0 Å². The van der Waals surface area contributed by atoms with E-state index in [0.717, 1.165) is 6.42 Å². The monoisotopic (exact) mass is 256 g/mol. The lowest BCUT2D eigenvalue weighted by Gasteiger charge is -2.05. The van der Waals surface area contributed by atoms with Crippen molar-refractivity contribution in [2.45, 2.75) is 13.3 Å². The van der Waals surface area contributed by atoms with Crippen molar-refractivity contribution in [3.05, 3.63) is 11.1 Å². The summed E-state index contributed by atoms with van der Waals surface area (Å²) in [5.41, 5.74) is 0. The van der Waals surface area contributed by atoms with Gasteiger partial charge in [0.05, 0.1) is 0 Å². The fourth-order valence-corrected chi connectivity index (χ4v) is 1.73. The van der Waals surface area contributed by atoms with Crippen molar-refractivity contribution in [1.29, 1.82) is 0 Å². The molecule has 0 saturated heterocycles. The Bertz CT molecular complexity index is 238. The maximum Gasteiger partial charge on any atom is 0.277 e. The lowest BCUT2D eigenvalue weighted by molar-refractivity contribution is 0.569.